The van der Waals surface area contributed by atoms with Crippen LogP contribution in [0.25, 0.3) is 5.57 Å². The van der Waals surface area contributed by atoms with Gasteiger partial charge in [0, 0.05) is 36.2 Å². The van der Waals surface area contributed by atoms with Gasteiger partial charge in [0.05, 0.1) is 6.04 Å². The third-order valence-electron chi connectivity index (χ3n) is 5.74. The average molecular weight is 476 g/mol. The number of carbonyl (C=O) groups is 2. The number of nitrogens with zero attached hydrogens (tertiary/aromatic N) is 1. The largest absolute Gasteiger partial charge is 0.483 e. The Labute approximate surface area is 198 Å². The fourth-order valence-electron chi connectivity index (χ4n) is 4.30. The fraction of sp³-hybridized carbons (Fsp3) is 0.333. The van der Waals surface area contributed by atoms with Gasteiger partial charge in [-0.15, -0.1) is 0 Å². The number of hydrogen-bond acceptors (Lipinski definition) is 4. The summed E-state index contributed by atoms with van der Waals surface area (Å²) in [5, 5.41) is 11.7. The molecule has 4 rings (SSSR count). The number of rotatable bonds is 6. The highest BCUT2D eigenvalue weighted by atomic mass is 35.5. The van der Waals surface area contributed by atoms with Gasteiger partial charge in [0.1, 0.15) is 0 Å². The molecule has 0 saturated carbocycles. The number of fused-ring (bicyclic) bond motifs is 2. The lowest BCUT2D eigenvalue weighted by atomic mass is 9.97. The van der Waals surface area contributed by atoms with E-state index in [1.165, 1.54) is 22.3 Å². The summed E-state index contributed by atoms with van der Waals surface area (Å²) in [7, 11) is 0. The first-order chi connectivity index (χ1) is 15.5. The van der Waals surface area contributed by atoms with Crippen LogP contribution in [0.15, 0.2) is 48.0 Å². The molecular weight excluding hydrogens is 449 g/mol. The quantitative estimate of drug-likeness (QED) is 0.556. The van der Waals surface area contributed by atoms with E-state index in [1.807, 2.05) is 35.2 Å². The van der Waals surface area contributed by atoms with Crippen molar-refractivity contribution >= 4 is 41.2 Å². The van der Waals surface area contributed by atoms with Crippen molar-refractivity contribution in [1.82, 2.24) is 10.2 Å². The Bertz CT molecular complexity index is 992. The zero-order valence-electron chi connectivity index (χ0n) is 17.7. The number of benzene rings is 2. The summed E-state index contributed by atoms with van der Waals surface area (Å²) in [6, 6.07) is 13.5. The number of halogens is 2. The molecule has 0 fully saturated rings. The summed E-state index contributed by atoms with van der Waals surface area (Å²) in [5.74, 6) is 0.133. The summed E-state index contributed by atoms with van der Waals surface area (Å²) in [6.07, 6.45) is 2.40. The molecule has 1 aliphatic carbocycles. The first kappa shape index (κ1) is 24.3. The Morgan fingerprint density at radius 3 is 2.56 bits per heavy atom. The monoisotopic (exact) mass is 475 g/mol. The lowest BCUT2D eigenvalue weighted by Gasteiger charge is -2.32. The maximum absolute atomic E-state index is 13.3. The molecular formula is C24H27Cl2N3O3. The van der Waals surface area contributed by atoms with Crippen molar-refractivity contribution in [1.29, 1.82) is 0 Å². The molecule has 170 valence electrons. The van der Waals surface area contributed by atoms with E-state index >= 15 is 0 Å². The van der Waals surface area contributed by atoms with Crippen molar-refractivity contribution in [2.24, 2.45) is 5.73 Å². The number of hydrogen-bond donors (Lipinski definition) is 3. The summed E-state index contributed by atoms with van der Waals surface area (Å²) in [6.45, 7) is 2.26. The molecule has 2 aliphatic rings. The molecule has 4 N–H and O–H groups in total. The van der Waals surface area contributed by atoms with Crippen LogP contribution >= 0.6 is 23.2 Å². The van der Waals surface area contributed by atoms with Crippen LogP contribution in [0.4, 0.5) is 0 Å². The van der Waals surface area contributed by atoms with Crippen LogP contribution < -0.4 is 11.1 Å². The molecule has 6 nitrogen and oxygen atoms in total. The molecule has 1 amide bonds. The van der Waals surface area contributed by atoms with E-state index in [0.29, 0.717) is 31.1 Å². The molecule has 1 heterocycles. The first-order valence-corrected chi connectivity index (χ1v) is 11.3. The number of nitrogens with two attached hydrogens (primary N) is 1. The van der Waals surface area contributed by atoms with Crippen LogP contribution in [0, 0.1) is 0 Å². The molecule has 1 unspecified atom stereocenters. The van der Waals surface area contributed by atoms with Crippen molar-refractivity contribution in [3.63, 3.8) is 0 Å². The van der Waals surface area contributed by atoms with Crippen LogP contribution in [-0.2, 0) is 22.4 Å². The van der Waals surface area contributed by atoms with Gasteiger partial charge < -0.3 is 21.1 Å². The molecule has 1 atom stereocenters. The van der Waals surface area contributed by atoms with E-state index in [-0.39, 0.29) is 18.4 Å². The SMILES string of the molecule is NCCNC(Cc1ccc(Cl)cc1)C(=O)N1CCC2=C(Cc3ccc(Cl)cc32)C1.O=CO. The van der Waals surface area contributed by atoms with Crippen molar-refractivity contribution in [3.05, 3.63) is 74.8 Å². The summed E-state index contributed by atoms with van der Waals surface area (Å²) in [5.41, 5.74) is 12.0. The second kappa shape index (κ2) is 11.5. The summed E-state index contributed by atoms with van der Waals surface area (Å²) < 4.78 is 0. The fourth-order valence-corrected chi connectivity index (χ4v) is 4.60. The molecule has 0 aromatic heterocycles. The zero-order valence-corrected chi connectivity index (χ0v) is 19.2. The molecule has 0 radical (unpaired) electrons. The van der Waals surface area contributed by atoms with Crippen LogP contribution in [-0.4, -0.2) is 54.6 Å². The maximum atomic E-state index is 13.3. The Kier molecular flexibility index (Phi) is 8.70. The highest BCUT2D eigenvalue weighted by Crippen LogP contribution is 2.39. The minimum atomic E-state index is -0.292. The Morgan fingerprint density at radius 2 is 1.88 bits per heavy atom. The minimum Gasteiger partial charge on any atom is -0.483 e. The predicted octanol–water partition coefficient (Wildman–Crippen LogP) is 3.40. The highest BCUT2D eigenvalue weighted by Gasteiger charge is 2.32. The molecule has 2 aromatic rings. The topological polar surface area (TPSA) is 95.7 Å². The minimum absolute atomic E-state index is 0.133. The second-order valence-electron chi connectivity index (χ2n) is 7.80. The van der Waals surface area contributed by atoms with E-state index in [1.54, 1.807) is 0 Å². The normalized spacial score (nSPS) is 15.4. The van der Waals surface area contributed by atoms with Crippen molar-refractivity contribution < 1.29 is 14.7 Å². The van der Waals surface area contributed by atoms with Crippen LogP contribution in [0.1, 0.15) is 23.1 Å². The third-order valence-corrected chi connectivity index (χ3v) is 6.23. The molecule has 2 aromatic carbocycles. The average Bonchev–Trinajstić information content (AvgIpc) is 3.15. The molecule has 0 saturated heterocycles. The molecule has 8 heteroatoms. The Hall–Kier alpha value is -2.38. The van der Waals surface area contributed by atoms with Gasteiger partial charge in [0.2, 0.25) is 5.91 Å². The molecule has 0 bridgehead atoms. The molecule has 1 aliphatic heterocycles. The first-order valence-electron chi connectivity index (χ1n) is 10.5. The van der Waals surface area contributed by atoms with E-state index in [0.717, 1.165) is 30.0 Å². The smallest absolute Gasteiger partial charge is 0.290 e. The van der Waals surface area contributed by atoms with E-state index in [2.05, 4.69) is 17.4 Å². The van der Waals surface area contributed by atoms with Gasteiger partial charge in [-0.3, -0.25) is 9.59 Å². The van der Waals surface area contributed by atoms with Gasteiger partial charge in [0.15, 0.2) is 0 Å². The second-order valence-corrected chi connectivity index (χ2v) is 8.67. The van der Waals surface area contributed by atoms with Crippen LogP contribution in [0.5, 0.6) is 0 Å². The summed E-state index contributed by atoms with van der Waals surface area (Å²) >= 11 is 12.2. The zero-order chi connectivity index (χ0) is 23.1. The van der Waals surface area contributed by atoms with Crippen LogP contribution in [0.2, 0.25) is 10.0 Å². The summed E-state index contributed by atoms with van der Waals surface area (Å²) in [4.78, 5) is 23.7. The Morgan fingerprint density at radius 1 is 1.19 bits per heavy atom. The molecule has 0 spiro atoms. The number of carbonyl (C=O) groups excluding carboxylic acids is 1. The van der Waals surface area contributed by atoms with Gasteiger partial charge in [0.25, 0.3) is 6.47 Å². The van der Waals surface area contributed by atoms with E-state index in [4.69, 9.17) is 38.8 Å². The number of carboxylic acid groups (broad SMARTS) is 1. The van der Waals surface area contributed by atoms with Gasteiger partial charge in [-0.2, -0.15) is 0 Å². The van der Waals surface area contributed by atoms with Gasteiger partial charge in [-0.05, 0) is 71.4 Å². The van der Waals surface area contributed by atoms with Crippen molar-refractivity contribution in [2.45, 2.75) is 25.3 Å². The van der Waals surface area contributed by atoms with Crippen molar-refractivity contribution in [3.8, 4) is 0 Å². The highest BCUT2D eigenvalue weighted by molar-refractivity contribution is 6.31. The number of nitrogens with one attached hydrogen (secondary N) is 1. The van der Waals surface area contributed by atoms with E-state index in [9.17, 15) is 4.79 Å². The third kappa shape index (κ3) is 5.90. The maximum Gasteiger partial charge on any atom is 0.290 e. The van der Waals surface area contributed by atoms with Gasteiger partial charge >= 0.3 is 0 Å². The van der Waals surface area contributed by atoms with Gasteiger partial charge in [-0.25, -0.2) is 0 Å². The predicted molar refractivity (Wildman–Crippen MR) is 128 cm³/mol. The lowest BCUT2D eigenvalue weighted by molar-refractivity contribution is -0.133. The van der Waals surface area contributed by atoms with Gasteiger partial charge in [-0.1, -0.05) is 41.4 Å². The van der Waals surface area contributed by atoms with Crippen molar-refractivity contribution in [2.75, 3.05) is 26.2 Å². The lowest BCUT2D eigenvalue weighted by Crippen LogP contribution is -2.50. The van der Waals surface area contributed by atoms with Crippen LogP contribution in [0.3, 0.4) is 0 Å². The number of amides is 1. The van der Waals surface area contributed by atoms with E-state index < -0.39 is 0 Å². The Balaban J connectivity index is 0.000000913. The molecule has 32 heavy (non-hydrogen) atoms. The standard InChI is InChI=1S/C23H25Cl2N3O.CH2O2/c24-18-4-1-15(2-5-18)11-22(27-9-8-26)23(29)28-10-7-20-17(14-28)12-16-3-6-19(25)13-21(16)20;2-1-3/h1-6,13,22,27H,7-12,14,26H2;1H,(H,2,3).